The minimum Gasteiger partial charge on any atom is -0.464 e. The van der Waals surface area contributed by atoms with Gasteiger partial charge in [0.05, 0.1) is 6.61 Å². The Bertz CT molecular complexity index is 435. The van der Waals surface area contributed by atoms with Crippen LogP contribution in [0, 0.1) is 5.92 Å². The second-order valence-corrected chi connectivity index (χ2v) is 5.30. The zero-order valence-corrected chi connectivity index (χ0v) is 12.8. The molecule has 0 radical (unpaired) electrons. The monoisotopic (exact) mass is 295 g/mol. The summed E-state index contributed by atoms with van der Waals surface area (Å²) in [5.41, 5.74) is 2.42. The molecule has 0 amide bonds. The van der Waals surface area contributed by atoms with Crippen LogP contribution in [0.4, 0.5) is 11.9 Å². The highest BCUT2D eigenvalue weighted by molar-refractivity contribution is 5.34. The zero-order chi connectivity index (χ0) is 15.1. The van der Waals surface area contributed by atoms with Gasteiger partial charge in [0.1, 0.15) is 0 Å². The van der Waals surface area contributed by atoms with E-state index in [1.54, 1.807) is 0 Å². The Kier molecular flexibility index (Phi) is 5.94. The molecule has 1 fully saturated rings. The molecule has 1 saturated heterocycles. The molecule has 8 heteroatoms. The lowest BCUT2D eigenvalue weighted by molar-refractivity contribution is 0.215. The van der Waals surface area contributed by atoms with Crippen LogP contribution in [-0.2, 0) is 0 Å². The molecule has 1 aromatic heterocycles. The van der Waals surface area contributed by atoms with Crippen molar-refractivity contribution >= 4 is 11.9 Å². The summed E-state index contributed by atoms with van der Waals surface area (Å²) in [7, 11) is 2.18. The Morgan fingerprint density at radius 1 is 1.24 bits per heavy atom. The molecule has 118 valence electrons. The van der Waals surface area contributed by atoms with Gasteiger partial charge < -0.3 is 15.0 Å². The summed E-state index contributed by atoms with van der Waals surface area (Å²) < 4.78 is 5.29. The van der Waals surface area contributed by atoms with Crippen molar-refractivity contribution in [2.24, 2.45) is 11.8 Å². The van der Waals surface area contributed by atoms with Gasteiger partial charge in [-0.05, 0) is 52.2 Å². The highest BCUT2D eigenvalue weighted by Gasteiger charge is 2.16. The van der Waals surface area contributed by atoms with E-state index in [4.69, 9.17) is 10.6 Å². The van der Waals surface area contributed by atoms with Crippen molar-refractivity contribution in [3.05, 3.63) is 0 Å². The average molecular weight is 295 g/mol. The number of nitrogens with zero attached hydrogens (tertiary/aromatic N) is 4. The molecule has 0 saturated carbocycles. The van der Waals surface area contributed by atoms with E-state index in [2.05, 4.69) is 37.6 Å². The van der Waals surface area contributed by atoms with E-state index in [0.717, 1.165) is 18.9 Å². The van der Waals surface area contributed by atoms with Crippen LogP contribution in [0.3, 0.4) is 0 Å². The minimum absolute atomic E-state index is 0.280. The van der Waals surface area contributed by atoms with E-state index >= 15 is 0 Å². The highest BCUT2D eigenvalue weighted by Crippen LogP contribution is 2.19. The minimum atomic E-state index is 0.280. The van der Waals surface area contributed by atoms with Gasteiger partial charge in [-0.15, -0.1) is 0 Å². The third kappa shape index (κ3) is 4.98. The highest BCUT2D eigenvalue weighted by atomic mass is 16.5. The predicted molar refractivity (Wildman–Crippen MR) is 82.1 cm³/mol. The topological polar surface area (TPSA) is 101 Å². The van der Waals surface area contributed by atoms with Crippen LogP contribution in [0.1, 0.15) is 26.2 Å². The molecule has 0 aliphatic carbocycles. The van der Waals surface area contributed by atoms with E-state index in [0.29, 0.717) is 18.5 Å². The summed E-state index contributed by atoms with van der Waals surface area (Å²) in [6, 6.07) is 0.280. The quantitative estimate of drug-likeness (QED) is 0.499. The van der Waals surface area contributed by atoms with Gasteiger partial charge in [0, 0.05) is 6.54 Å². The van der Waals surface area contributed by atoms with E-state index in [9.17, 15) is 0 Å². The number of likely N-dealkylation sites (tertiary alicyclic amines) is 1. The van der Waals surface area contributed by atoms with Crippen molar-refractivity contribution in [3.8, 4) is 6.01 Å². The molecule has 0 bridgehead atoms. The standard InChI is InChI=1S/C13H25N7O/c1-3-21-13-17-11(16-12(18-13)19-14)15-7-4-10-5-8-20(2)9-6-10/h10H,3-9,14H2,1-2H3,(H2,15,16,17,18,19). The second kappa shape index (κ2) is 7.94. The van der Waals surface area contributed by atoms with Crippen molar-refractivity contribution in [3.63, 3.8) is 0 Å². The molecule has 2 heterocycles. The maximum Gasteiger partial charge on any atom is 0.323 e. The fourth-order valence-electron chi connectivity index (χ4n) is 2.43. The van der Waals surface area contributed by atoms with Crippen LogP contribution in [0.2, 0.25) is 0 Å². The molecule has 0 unspecified atom stereocenters. The first-order valence-electron chi connectivity index (χ1n) is 7.49. The van der Waals surface area contributed by atoms with Gasteiger partial charge in [-0.25, -0.2) is 5.84 Å². The Morgan fingerprint density at radius 3 is 2.62 bits per heavy atom. The van der Waals surface area contributed by atoms with Gasteiger partial charge in [-0.3, -0.25) is 5.43 Å². The molecule has 1 aliphatic heterocycles. The van der Waals surface area contributed by atoms with Gasteiger partial charge in [-0.1, -0.05) is 0 Å². The van der Waals surface area contributed by atoms with Crippen molar-refractivity contribution < 1.29 is 4.74 Å². The SMILES string of the molecule is CCOc1nc(NN)nc(NCCC2CCN(C)CC2)n1. The molecule has 4 N–H and O–H groups in total. The summed E-state index contributed by atoms with van der Waals surface area (Å²) in [5, 5.41) is 3.23. The van der Waals surface area contributed by atoms with E-state index < -0.39 is 0 Å². The van der Waals surface area contributed by atoms with Crippen molar-refractivity contribution in [1.29, 1.82) is 0 Å². The summed E-state index contributed by atoms with van der Waals surface area (Å²) in [6.45, 7) is 5.60. The number of hydrogen-bond acceptors (Lipinski definition) is 8. The van der Waals surface area contributed by atoms with Crippen LogP contribution in [0.15, 0.2) is 0 Å². The number of nitrogens with two attached hydrogens (primary N) is 1. The van der Waals surface area contributed by atoms with Crippen LogP contribution >= 0.6 is 0 Å². The maximum absolute atomic E-state index is 5.35. The number of hydrogen-bond donors (Lipinski definition) is 3. The molecule has 0 atom stereocenters. The van der Waals surface area contributed by atoms with E-state index in [1.165, 1.54) is 25.9 Å². The fourth-order valence-corrected chi connectivity index (χ4v) is 2.43. The Hall–Kier alpha value is -1.67. The van der Waals surface area contributed by atoms with Gasteiger partial charge >= 0.3 is 6.01 Å². The number of aromatic nitrogens is 3. The third-order valence-corrected chi connectivity index (χ3v) is 3.69. The number of hydrazine groups is 1. The van der Waals surface area contributed by atoms with Gasteiger partial charge in [0.25, 0.3) is 0 Å². The van der Waals surface area contributed by atoms with Crippen LogP contribution in [0.5, 0.6) is 6.01 Å². The van der Waals surface area contributed by atoms with Crippen molar-refractivity contribution in [1.82, 2.24) is 19.9 Å². The second-order valence-electron chi connectivity index (χ2n) is 5.30. The summed E-state index contributed by atoms with van der Waals surface area (Å²) in [6.07, 6.45) is 3.64. The number of nitrogens with one attached hydrogen (secondary N) is 2. The van der Waals surface area contributed by atoms with Crippen LogP contribution < -0.4 is 21.3 Å². The van der Waals surface area contributed by atoms with E-state index in [-0.39, 0.29) is 6.01 Å². The first-order valence-corrected chi connectivity index (χ1v) is 7.49. The smallest absolute Gasteiger partial charge is 0.323 e. The van der Waals surface area contributed by atoms with Crippen LogP contribution in [0.25, 0.3) is 0 Å². The predicted octanol–water partition coefficient (Wildman–Crippen LogP) is 0.700. The normalized spacial score (nSPS) is 16.7. The third-order valence-electron chi connectivity index (χ3n) is 3.69. The molecule has 0 spiro atoms. The first kappa shape index (κ1) is 15.7. The largest absolute Gasteiger partial charge is 0.464 e. The molecular formula is C13H25N7O. The van der Waals surface area contributed by atoms with Crippen LogP contribution in [-0.4, -0.2) is 53.1 Å². The van der Waals surface area contributed by atoms with Crippen molar-refractivity contribution in [2.75, 3.05) is 44.0 Å². The summed E-state index contributed by atoms with van der Waals surface area (Å²) in [4.78, 5) is 14.8. The lowest BCUT2D eigenvalue weighted by Gasteiger charge is -2.28. The van der Waals surface area contributed by atoms with Gasteiger partial charge in [-0.2, -0.15) is 15.0 Å². The molecule has 21 heavy (non-hydrogen) atoms. The fraction of sp³-hybridized carbons (Fsp3) is 0.769. The molecule has 8 nitrogen and oxygen atoms in total. The Morgan fingerprint density at radius 2 is 1.95 bits per heavy atom. The molecule has 1 aromatic rings. The lowest BCUT2D eigenvalue weighted by atomic mass is 9.94. The number of anilines is 2. The lowest BCUT2D eigenvalue weighted by Crippen LogP contribution is -2.31. The average Bonchev–Trinajstić information content (AvgIpc) is 2.49. The maximum atomic E-state index is 5.35. The number of rotatable bonds is 7. The zero-order valence-electron chi connectivity index (χ0n) is 12.8. The van der Waals surface area contributed by atoms with E-state index in [1.807, 2.05) is 6.92 Å². The van der Waals surface area contributed by atoms with Crippen molar-refractivity contribution in [2.45, 2.75) is 26.2 Å². The Balaban J connectivity index is 1.83. The first-order chi connectivity index (χ1) is 10.2. The molecular weight excluding hydrogens is 270 g/mol. The molecule has 0 aromatic carbocycles. The van der Waals surface area contributed by atoms with Gasteiger partial charge in [0.15, 0.2) is 0 Å². The number of piperidine rings is 1. The van der Waals surface area contributed by atoms with Gasteiger partial charge in [0.2, 0.25) is 11.9 Å². The summed E-state index contributed by atoms with van der Waals surface area (Å²) in [5.74, 6) is 6.92. The summed E-state index contributed by atoms with van der Waals surface area (Å²) >= 11 is 0. The Labute approximate surface area is 125 Å². The number of nitrogen functional groups attached to an aromatic ring is 1. The molecule has 1 aliphatic rings. The number of ether oxygens (including phenoxy) is 1. The molecule has 2 rings (SSSR count).